The highest BCUT2D eigenvalue weighted by Crippen LogP contribution is 2.35. The first kappa shape index (κ1) is 20.8. The van der Waals surface area contributed by atoms with Crippen molar-refractivity contribution >= 4 is 27.4 Å². The molecular formula is C18H21FN6O3S. The van der Waals surface area contributed by atoms with Gasteiger partial charge in [0.05, 0.1) is 24.3 Å². The third-order valence-corrected chi connectivity index (χ3v) is 5.57. The highest BCUT2D eigenvalue weighted by molar-refractivity contribution is 7.88. The van der Waals surface area contributed by atoms with Gasteiger partial charge in [-0.15, -0.1) is 0 Å². The molecule has 1 amide bonds. The molecule has 1 aliphatic rings. The van der Waals surface area contributed by atoms with E-state index in [4.69, 9.17) is 5.73 Å². The quantitative estimate of drug-likeness (QED) is 0.648. The fraction of sp³-hybridized carbons (Fsp3) is 0.389. The Bertz CT molecular complexity index is 1040. The summed E-state index contributed by atoms with van der Waals surface area (Å²) >= 11 is 0. The smallest absolute Gasteiger partial charge is 0.254 e. The number of anilines is 2. The van der Waals surface area contributed by atoms with Crippen LogP contribution in [0.2, 0.25) is 0 Å². The number of carbonyl (C=O) groups excluding carboxylic acids is 1. The van der Waals surface area contributed by atoms with Gasteiger partial charge in [0.15, 0.2) is 5.82 Å². The van der Waals surface area contributed by atoms with Crippen LogP contribution >= 0.6 is 0 Å². The molecule has 0 bridgehead atoms. The third kappa shape index (κ3) is 5.10. The predicted molar refractivity (Wildman–Crippen MR) is 104 cm³/mol. The first-order valence-electron chi connectivity index (χ1n) is 8.94. The van der Waals surface area contributed by atoms with Crippen LogP contribution in [-0.4, -0.2) is 36.4 Å². The van der Waals surface area contributed by atoms with E-state index in [1.54, 1.807) is 0 Å². The average molecular weight is 420 g/mol. The molecule has 1 saturated carbocycles. The number of carbonyl (C=O) groups is 1. The van der Waals surface area contributed by atoms with E-state index in [-0.39, 0.29) is 23.5 Å². The molecule has 154 valence electrons. The minimum Gasteiger partial charge on any atom is -0.365 e. The lowest BCUT2D eigenvalue weighted by molar-refractivity contribution is 0.100. The Balaban J connectivity index is 1.84. The average Bonchev–Trinajstić information content (AvgIpc) is 3.06. The molecule has 0 saturated heterocycles. The lowest BCUT2D eigenvalue weighted by atomic mass is 9.83. The maximum atomic E-state index is 13.1. The van der Waals surface area contributed by atoms with Gasteiger partial charge in [0.1, 0.15) is 11.4 Å². The summed E-state index contributed by atoms with van der Waals surface area (Å²) in [6.07, 6.45) is 3.93. The first-order valence-corrected chi connectivity index (χ1v) is 10.8. The van der Waals surface area contributed by atoms with Crippen molar-refractivity contribution in [3.63, 3.8) is 0 Å². The van der Waals surface area contributed by atoms with E-state index in [2.05, 4.69) is 21.2 Å². The number of aromatic nitrogens is 2. The van der Waals surface area contributed by atoms with Crippen molar-refractivity contribution < 1.29 is 17.6 Å². The van der Waals surface area contributed by atoms with Crippen molar-refractivity contribution in [1.29, 1.82) is 5.26 Å². The van der Waals surface area contributed by atoms with E-state index in [0.717, 1.165) is 6.26 Å². The highest BCUT2D eigenvalue weighted by atomic mass is 32.2. The molecule has 4 N–H and O–H groups in total. The topological polar surface area (TPSA) is 143 Å². The fourth-order valence-corrected chi connectivity index (χ4v) is 4.34. The van der Waals surface area contributed by atoms with Crippen molar-refractivity contribution in [2.24, 2.45) is 11.7 Å². The van der Waals surface area contributed by atoms with Gasteiger partial charge in [0.2, 0.25) is 10.0 Å². The Morgan fingerprint density at radius 3 is 2.62 bits per heavy atom. The molecule has 0 radical (unpaired) electrons. The van der Waals surface area contributed by atoms with Gasteiger partial charge >= 0.3 is 0 Å². The zero-order valence-corrected chi connectivity index (χ0v) is 16.5. The number of rotatable bonds is 6. The molecule has 3 atom stereocenters. The van der Waals surface area contributed by atoms with Gasteiger partial charge in [-0.2, -0.15) is 10.4 Å². The number of halogens is 1. The molecule has 1 aliphatic carbocycles. The van der Waals surface area contributed by atoms with E-state index >= 15 is 0 Å². The standard InChI is InChI=1S/C18H21FN6O3S/c1-29(27,28)24-14-6-7-16(11(8-14)9-20)25-10-15(17(21)26)18(23-25)22-13-4-2-12(19)3-5-13/h2-5,10-11,14,16,24H,6-8H2,1H3,(H2,21,26)(H,22,23)/t11-,14+,16+/m1/s1. The number of nitrogens with one attached hydrogen (secondary N) is 2. The molecule has 1 fully saturated rings. The van der Waals surface area contributed by atoms with Crippen molar-refractivity contribution in [3.05, 3.63) is 41.8 Å². The molecular weight excluding hydrogens is 399 g/mol. The summed E-state index contributed by atoms with van der Waals surface area (Å²) in [5, 5.41) is 16.9. The SMILES string of the molecule is CS(=O)(=O)N[C@H]1CC[C@H](n2cc(C(N)=O)c(Nc3ccc(F)cc3)n2)[C@@H](C#N)C1. The summed E-state index contributed by atoms with van der Waals surface area (Å²) < 4.78 is 40.1. The van der Waals surface area contributed by atoms with Gasteiger partial charge in [-0.05, 0) is 43.5 Å². The molecule has 3 rings (SSSR count). The maximum absolute atomic E-state index is 13.1. The van der Waals surface area contributed by atoms with Crippen LogP contribution in [0.3, 0.4) is 0 Å². The molecule has 2 aromatic rings. The number of amides is 1. The van der Waals surface area contributed by atoms with E-state index < -0.39 is 27.7 Å². The lowest BCUT2D eigenvalue weighted by Crippen LogP contribution is -2.40. The molecule has 0 spiro atoms. The van der Waals surface area contributed by atoms with Crippen LogP contribution in [0.25, 0.3) is 0 Å². The number of primary amides is 1. The van der Waals surface area contributed by atoms with Crippen molar-refractivity contribution in [1.82, 2.24) is 14.5 Å². The van der Waals surface area contributed by atoms with Gasteiger partial charge in [0.25, 0.3) is 5.91 Å². The molecule has 29 heavy (non-hydrogen) atoms. The van der Waals surface area contributed by atoms with Gasteiger partial charge in [-0.1, -0.05) is 0 Å². The summed E-state index contributed by atoms with van der Waals surface area (Å²) in [5.41, 5.74) is 6.13. The van der Waals surface area contributed by atoms with Crippen LogP contribution in [0, 0.1) is 23.1 Å². The second-order valence-electron chi connectivity index (χ2n) is 7.07. The minimum atomic E-state index is -3.37. The Morgan fingerprint density at radius 1 is 1.34 bits per heavy atom. The number of sulfonamides is 1. The molecule has 1 heterocycles. The summed E-state index contributed by atoms with van der Waals surface area (Å²) in [4.78, 5) is 11.8. The van der Waals surface area contributed by atoms with Crippen LogP contribution in [0.5, 0.6) is 0 Å². The third-order valence-electron chi connectivity index (χ3n) is 4.80. The Labute approximate surface area is 167 Å². The molecule has 1 aromatic carbocycles. The van der Waals surface area contributed by atoms with Gasteiger partial charge < -0.3 is 11.1 Å². The molecule has 11 heteroatoms. The molecule has 9 nitrogen and oxygen atoms in total. The predicted octanol–water partition coefficient (Wildman–Crippen LogP) is 1.65. The molecule has 0 unspecified atom stereocenters. The molecule has 1 aromatic heterocycles. The van der Waals surface area contributed by atoms with Crippen molar-refractivity contribution in [2.75, 3.05) is 11.6 Å². The summed E-state index contributed by atoms with van der Waals surface area (Å²) in [5.74, 6) is -1.38. The zero-order valence-electron chi connectivity index (χ0n) is 15.7. The second kappa shape index (κ2) is 8.18. The Hall–Kier alpha value is -2.97. The van der Waals surface area contributed by atoms with Crippen LogP contribution in [0.4, 0.5) is 15.9 Å². The normalized spacial score (nSPS) is 22.0. The number of nitrogens with zero attached hydrogens (tertiary/aromatic N) is 3. The van der Waals surface area contributed by atoms with E-state index in [0.29, 0.717) is 24.9 Å². The Kier molecular flexibility index (Phi) is 5.86. The van der Waals surface area contributed by atoms with Crippen LogP contribution in [0.1, 0.15) is 35.7 Å². The number of hydrogen-bond acceptors (Lipinski definition) is 6. The molecule has 0 aliphatic heterocycles. The highest BCUT2D eigenvalue weighted by Gasteiger charge is 2.34. The lowest BCUT2D eigenvalue weighted by Gasteiger charge is -2.32. The minimum absolute atomic E-state index is 0.141. The van der Waals surface area contributed by atoms with Crippen molar-refractivity contribution in [3.8, 4) is 6.07 Å². The van der Waals surface area contributed by atoms with Crippen LogP contribution < -0.4 is 15.8 Å². The fourth-order valence-electron chi connectivity index (χ4n) is 3.52. The monoisotopic (exact) mass is 420 g/mol. The van der Waals surface area contributed by atoms with Gasteiger partial charge in [-0.25, -0.2) is 17.5 Å². The van der Waals surface area contributed by atoms with Gasteiger partial charge in [0, 0.05) is 17.9 Å². The van der Waals surface area contributed by atoms with Crippen LogP contribution in [0.15, 0.2) is 30.5 Å². The first-order chi connectivity index (χ1) is 13.7. The van der Waals surface area contributed by atoms with Gasteiger partial charge in [-0.3, -0.25) is 9.48 Å². The van der Waals surface area contributed by atoms with E-state index in [1.165, 1.54) is 35.1 Å². The zero-order chi connectivity index (χ0) is 21.2. The van der Waals surface area contributed by atoms with E-state index in [9.17, 15) is 22.9 Å². The summed E-state index contributed by atoms with van der Waals surface area (Å²) in [6, 6.07) is 7.09. The number of benzene rings is 1. The second-order valence-corrected chi connectivity index (χ2v) is 8.85. The van der Waals surface area contributed by atoms with Crippen molar-refractivity contribution in [2.45, 2.75) is 31.3 Å². The van der Waals surface area contributed by atoms with E-state index in [1.807, 2.05) is 0 Å². The van der Waals surface area contributed by atoms with Crippen LogP contribution in [-0.2, 0) is 10.0 Å². The summed E-state index contributed by atoms with van der Waals surface area (Å²) in [7, 11) is -3.37. The number of nitrogens with two attached hydrogens (primary N) is 1. The maximum Gasteiger partial charge on any atom is 0.254 e. The number of nitriles is 1. The summed E-state index contributed by atoms with van der Waals surface area (Å²) in [6.45, 7) is 0. The number of hydrogen-bond donors (Lipinski definition) is 3. The largest absolute Gasteiger partial charge is 0.365 e. The Morgan fingerprint density at radius 2 is 2.03 bits per heavy atom.